The van der Waals surface area contributed by atoms with Crippen LogP contribution in [0.3, 0.4) is 0 Å². The zero-order chi connectivity index (χ0) is 14.7. The SMILES string of the molecule is COc1ncccc1C(=O)N1CCC(NCC2CC2)CC1. The Hall–Kier alpha value is -1.62. The Kier molecular flexibility index (Phi) is 4.39. The second-order valence-corrected chi connectivity index (χ2v) is 5.98. The van der Waals surface area contributed by atoms with Crippen LogP contribution in [0.4, 0.5) is 0 Å². The van der Waals surface area contributed by atoms with Crippen LogP contribution < -0.4 is 10.1 Å². The van der Waals surface area contributed by atoms with Crippen LogP contribution in [0.15, 0.2) is 18.3 Å². The molecule has 5 nitrogen and oxygen atoms in total. The highest BCUT2D eigenvalue weighted by atomic mass is 16.5. The topological polar surface area (TPSA) is 54.5 Å². The number of amides is 1. The molecule has 0 unspecified atom stereocenters. The van der Waals surface area contributed by atoms with Gasteiger partial charge in [-0.2, -0.15) is 0 Å². The zero-order valence-electron chi connectivity index (χ0n) is 12.5. The van der Waals surface area contributed by atoms with Crippen molar-refractivity contribution in [1.29, 1.82) is 0 Å². The van der Waals surface area contributed by atoms with Gasteiger partial charge in [0.1, 0.15) is 5.56 Å². The number of piperidine rings is 1. The van der Waals surface area contributed by atoms with Gasteiger partial charge in [-0.3, -0.25) is 4.79 Å². The third kappa shape index (κ3) is 3.53. The number of carbonyl (C=O) groups excluding carboxylic acids is 1. The first-order valence-electron chi connectivity index (χ1n) is 7.79. The van der Waals surface area contributed by atoms with Gasteiger partial charge >= 0.3 is 0 Å². The monoisotopic (exact) mass is 289 g/mol. The lowest BCUT2D eigenvalue weighted by Crippen LogP contribution is -2.45. The molecule has 0 aromatic carbocycles. The first kappa shape index (κ1) is 14.3. The second kappa shape index (κ2) is 6.43. The molecule has 1 aromatic heterocycles. The summed E-state index contributed by atoms with van der Waals surface area (Å²) in [6.45, 7) is 2.76. The lowest BCUT2D eigenvalue weighted by molar-refractivity contribution is 0.0700. The van der Waals surface area contributed by atoms with Crippen molar-refractivity contribution in [2.45, 2.75) is 31.7 Å². The molecule has 0 radical (unpaired) electrons. The fourth-order valence-electron chi connectivity index (χ4n) is 2.83. The van der Waals surface area contributed by atoms with Crippen molar-refractivity contribution in [1.82, 2.24) is 15.2 Å². The highest BCUT2D eigenvalue weighted by Crippen LogP contribution is 2.28. The van der Waals surface area contributed by atoms with Crippen molar-refractivity contribution < 1.29 is 9.53 Å². The van der Waals surface area contributed by atoms with E-state index in [0.717, 1.165) is 38.4 Å². The fourth-order valence-corrected chi connectivity index (χ4v) is 2.83. The third-order valence-electron chi connectivity index (χ3n) is 4.37. The number of ether oxygens (including phenoxy) is 1. The maximum Gasteiger partial charge on any atom is 0.259 e. The Balaban J connectivity index is 1.54. The summed E-state index contributed by atoms with van der Waals surface area (Å²) in [6, 6.07) is 4.12. The molecule has 2 heterocycles. The van der Waals surface area contributed by atoms with E-state index in [1.54, 1.807) is 25.4 Å². The molecule has 5 heteroatoms. The minimum atomic E-state index is 0.0283. The van der Waals surface area contributed by atoms with E-state index in [0.29, 0.717) is 17.5 Å². The Bertz CT molecular complexity index is 494. The Morgan fingerprint density at radius 3 is 2.81 bits per heavy atom. The highest BCUT2D eigenvalue weighted by molar-refractivity contribution is 5.96. The van der Waals surface area contributed by atoms with Crippen LogP contribution in [0.25, 0.3) is 0 Å². The van der Waals surface area contributed by atoms with Crippen LogP contribution in [-0.4, -0.2) is 48.6 Å². The number of hydrogen-bond acceptors (Lipinski definition) is 4. The van der Waals surface area contributed by atoms with Crippen LogP contribution in [0.2, 0.25) is 0 Å². The molecular weight excluding hydrogens is 266 g/mol. The first-order valence-corrected chi connectivity index (χ1v) is 7.79. The predicted octanol–water partition coefficient (Wildman–Crippen LogP) is 1.69. The van der Waals surface area contributed by atoms with Gasteiger partial charge in [0, 0.05) is 25.3 Å². The molecule has 114 valence electrons. The van der Waals surface area contributed by atoms with Crippen molar-refractivity contribution in [2.24, 2.45) is 5.92 Å². The van der Waals surface area contributed by atoms with Crippen molar-refractivity contribution in [3.63, 3.8) is 0 Å². The summed E-state index contributed by atoms with van der Waals surface area (Å²) in [7, 11) is 1.55. The highest BCUT2D eigenvalue weighted by Gasteiger charge is 2.27. The average molecular weight is 289 g/mol. The van der Waals surface area contributed by atoms with Crippen molar-refractivity contribution >= 4 is 5.91 Å². The van der Waals surface area contributed by atoms with Crippen molar-refractivity contribution in [3.8, 4) is 5.88 Å². The van der Waals surface area contributed by atoms with Crippen LogP contribution >= 0.6 is 0 Å². The van der Waals surface area contributed by atoms with E-state index in [1.807, 2.05) is 4.90 Å². The number of nitrogens with one attached hydrogen (secondary N) is 1. The molecule has 1 aliphatic carbocycles. The van der Waals surface area contributed by atoms with E-state index in [2.05, 4.69) is 10.3 Å². The van der Waals surface area contributed by atoms with Gasteiger partial charge in [0.2, 0.25) is 5.88 Å². The zero-order valence-corrected chi connectivity index (χ0v) is 12.5. The Morgan fingerprint density at radius 1 is 1.38 bits per heavy atom. The van der Waals surface area contributed by atoms with Gasteiger partial charge in [0.05, 0.1) is 7.11 Å². The summed E-state index contributed by atoms with van der Waals surface area (Å²) >= 11 is 0. The van der Waals surface area contributed by atoms with E-state index >= 15 is 0 Å². The Morgan fingerprint density at radius 2 is 2.14 bits per heavy atom. The molecule has 21 heavy (non-hydrogen) atoms. The summed E-state index contributed by atoms with van der Waals surface area (Å²) in [5.41, 5.74) is 0.560. The molecule has 2 aliphatic rings. The minimum Gasteiger partial charge on any atom is -0.480 e. The lowest BCUT2D eigenvalue weighted by Gasteiger charge is -2.32. The largest absolute Gasteiger partial charge is 0.480 e. The molecule has 0 atom stereocenters. The first-order chi connectivity index (χ1) is 10.3. The average Bonchev–Trinajstić information content (AvgIpc) is 3.37. The summed E-state index contributed by atoms with van der Waals surface area (Å²) in [4.78, 5) is 18.6. The van der Waals surface area contributed by atoms with Gasteiger partial charge in [-0.25, -0.2) is 4.98 Å². The molecule has 1 aromatic rings. The van der Waals surface area contributed by atoms with Crippen LogP contribution in [0, 0.1) is 5.92 Å². The molecule has 2 fully saturated rings. The van der Waals surface area contributed by atoms with E-state index in [1.165, 1.54) is 12.8 Å². The third-order valence-corrected chi connectivity index (χ3v) is 4.37. The summed E-state index contributed by atoms with van der Waals surface area (Å²) in [6.07, 6.45) is 6.46. The fraction of sp³-hybridized carbons (Fsp3) is 0.625. The van der Waals surface area contributed by atoms with E-state index in [9.17, 15) is 4.79 Å². The van der Waals surface area contributed by atoms with Gasteiger partial charge in [0.15, 0.2) is 0 Å². The van der Waals surface area contributed by atoms with Crippen molar-refractivity contribution in [3.05, 3.63) is 23.9 Å². The number of nitrogens with zero attached hydrogens (tertiary/aromatic N) is 2. The second-order valence-electron chi connectivity index (χ2n) is 5.98. The van der Waals surface area contributed by atoms with Crippen LogP contribution in [0.1, 0.15) is 36.0 Å². The smallest absolute Gasteiger partial charge is 0.259 e. The van der Waals surface area contributed by atoms with E-state index < -0.39 is 0 Å². The van der Waals surface area contributed by atoms with Gasteiger partial charge in [-0.05, 0) is 50.3 Å². The molecule has 1 saturated heterocycles. The summed E-state index contributed by atoms with van der Waals surface area (Å²) < 4.78 is 5.18. The van der Waals surface area contributed by atoms with Crippen LogP contribution in [-0.2, 0) is 0 Å². The molecule has 1 aliphatic heterocycles. The van der Waals surface area contributed by atoms with Gasteiger partial charge in [0.25, 0.3) is 5.91 Å². The van der Waals surface area contributed by atoms with E-state index in [4.69, 9.17) is 4.74 Å². The van der Waals surface area contributed by atoms with Crippen LogP contribution in [0.5, 0.6) is 5.88 Å². The molecular formula is C16H23N3O2. The maximum atomic E-state index is 12.5. The number of hydrogen-bond donors (Lipinski definition) is 1. The minimum absolute atomic E-state index is 0.0283. The predicted molar refractivity (Wildman–Crippen MR) is 80.4 cm³/mol. The Labute approximate surface area is 125 Å². The molecule has 1 saturated carbocycles. The van der Waals surface area contributed by atoms with Crippen molar-refractivity contribution in [2.75, 3.05) is 26.7 Å². The number of aromatic nitrogens is 1. The normalized spacial score (nSPS) is 19.6. The molecule has 1 amide bonds. The van der Waals surface area contributed by atoms with E-state index in [-0.39, 0.29) is 5.91 Å². The number of carbonyl (C=O) groups is 1. The summed E-state index contributed by atoms with van der Waals surface area (Å²) in [5, 5.41) is 3.63. The quantitative estimate of drug-likeness (QED) is 0.896. The standard InChI is InChI=1S/C16H23N3O2/c1-21-15-14(3-2-8-17-15)16(20)19-9-6-13(7-10-19)18-11-12-4-5-12/h2-3,8,12-13,18H,4-7,9-11H2,1H3. The van der Waals surface area contributed by atoms with Gasteiger partial charge in [-0.1, -0.05) is 0 Å². The number of pyridine rings is 1. The molecule has 3 rings (SSSR count). The molecule has 0 bridgehead atoms. The number of likely N-dealkylation sites (tertiary alicyclic amines) is 1. The maximum absolute atomic E-state index is 12.5. The molecule has 1 N–H and O–H groups in total. The lowest BCUT2D eigenvalue weighted by atomic mass is 10.0. The summed E-state index contributed by atoms with van der Waals surface area (Å²) in [5.74, 6) is 1.35. The number of methoxy groups -OCH3 is 1. The van der Waals surface area contributed by atoms with Gasteiger partial charge < -0.3 is 15.0 Å². The molecule has 0 spiro atoms. The van der Waals surface area contributed by atoms with Gasteiger partial charge in [-0.15, -0.1) is 0 Å². The number of rotatable bonds is 5.